The summed E-state index contributed by atoms with van der Waals surface area (Å²) >= 11 is 0. The largest absolute Gasteiger partial charge is 0.508 e. The number of carbonyl (C=O) groups excluding carboxylic acids is 2. The fraction of sp³-hybridized carbons (Fsp3) is 0.385. The number of imide groups is 1. The van der Waals surface area contributed by atoms with Gasteiger partial charge in [0.25, 0.3) is 7.41 Å². The maximum atomic E-state index is 12.1. The molecule has 4 nitrogen and oxygen atoms in total. The van der Waals surface area contributed by atoms with Gasteiger partial charge >= 0.3 is 0 Å². The summed E-state index contributed by atoms with van der Waals surface area (Å²) in [6, 6.07) is 4.23. The van der Waals surface area contributed by atoms with E-state index in [0.717, 1.165) is 11.2 Å². The first-order valence-corrected chi connectivity index (χ1v) is 5.92. The highest BCUT2D eigenvalue weighted by atomic mass is 16.3. The molecule has 1 aromatic carbocycles. The topological polar surface area (TPSA) is 57.6 Å². The number of hydrogen-bond donors (Lipinski definition) is 1. The molecular weight excluding hydrogens is 229 g/mol. The average molecular weight is 244 g/mol. The number of benzene rings is 1. The molecule has 0 spiro atoms. The minimum atomic E-state index is -0.368. The Kier molecular flexibility index (Phi) is 2.93. The summed E-state index contributed by atoms with van der Waals surface area (Å²) in [6.07, 6.45) is 0.825. The molecule has 0 atom stereocenters. The summed E-state index contributed by atoms with van der Waals surface area (Å²) in [5.41, 5.74) is 0.615. The van der Waals surface area contributed by atoms with Gasteiger partial charge in [-0.25, -0.2) is 0 Å². The molecule has 0 aromatic heterocycles. The average Bonchev–Trinajstić information content (AvgIpc) is 2.54. The standard InChI is InChI=1S/C13H15BNO3/c1-4-13(2,3)14-15-11(17)9-6-5-8(16)7-10(9)12(15)18/h5-7,16H,4H2,1-3H3. The Labute approximate surface area is 107 Å². The lowest BCUT2D eigenvalue weighted by Gasteiger charge is -2.25. The number of carbonyl (C=O) groups is 2. The molecule has 93 valence electrons. The molecular formula is C13H15BNO3. The quantitative estimate of drug-likeness (QED) is 0.655. The van der Waals surface area contributed by atoms with E-state index < -0.39 is 0 Å². The number of nitrogens with zero attached hydrogens (tertiary/aromatic N) is 1. The number of rotatable bonds is 3. The first kappa shape index (κ1) is 12.7. The lowest BCUT2D eigenvalue weighted by molar-refractivity contribution is 0.0757. The molecule has 0 saturated carbocycles. The number of fused-ring (bicyclic) bond motifs is 1. The van der Waals surface area contributed by atoms with Crippen molar-refractivity contribution < 1.29 is 14.7 Å². The van der Waals surface area contributed by atoms with Gasteiger partial charge < -0.3 is 9.92 Å². The van der Waals surface area contributed by atoms with E-state index in [0.29, 0.717) is 5.56 Å². The molecule has 1 aliphatic rings. The number of phenolic OH excluding ortho intramolecular Hbond substituents is 1. The summed E-state index contributed by atoms with van der Waals surface area (Å²) in [5.74, 6) is -0.699. The predicted octanol–water partition coefficient (Wildman–Crippen LogP) is 2.22. The molecule has 2 amide bonds. The van der Waals surface area contributed by atoms with Gasteiger partial charge in [0, 0.05) is 0 Å². The number of phenols is 1. The van der Waals surface area contributed by atoms with Crippen LogP contribution in [-0.2, 0) is 0 Å². The van der Waals surface area contributed by atoms with E-state index in [9.17, 15) is 14.7 Å². The summed E-state index contributed by atoms with van der Waals surface area (Å²) in [7, 11) is 1.66. The highest BCUT2D eigenvalue weighted by Gasteiger charge is 2.39. The van der Waals surface area contributed by atoms with Crippen LogP contribution in [0, 0.1) is 0 Å². The van der Waals surface area contributed by atoms with Gasteiger partial charge in [-0.15, -0.1) is 0 Å². The lowest BCUT2D eigenvalue weighted by atomic mass is 9.60. The van der Waals surface area contributed by atoms with Crippen LogP contribution in [0.15, 0.2) is 18.2 Å². The van der Waals surface area contributed by atoms with Crippen LogP contribution >= 0.6 is 0 Å². The van der Waals surface area contributed by atoms with Gasteiger partial charge in [0.15, 0.2) is 0 Å². The summed E-state index contributed by atoms with van der Waals surface area (Å²) < 4.78 is 0. The van der Waals surface area contributed by atoms with Crippen LogP contribution in [0.4, 0.5) is 0 Å². The second-order valence-corrected chi connectivity index (χ2v) is 5.18. The monoisotopic (exact) mass is 244 g/mol. The van der Waals surface area contributed by atoms with E-state index in [1.165, 1.54) is 18.2 Å². The fourth-order valence-electron chi connectivity index (χ4n) is 1.81. The zero-order valence-electron chi connectivity index (χ0n) is 10.7. The molecule has 5 heteroatoms. The normalized spacial score (nSPS) is 14.9. The van der Waals surface area contributed by atoms with E-state index in [1.54, 1.807) is 7.41 Å². The SMILES string of the molecule is CCC(C)(C)[B]N1C(=O)c2ccc(O)cc2C1=O. The van der Waals surface area contributed by atoms with Crippen molar-refractivity contribution in [1.82, 2.24) is 4.81 Å². The third-order valence-electron chi connectivity index (χ3n) is 3.29. The molecule has 0 aliphatic carbocycles. The molecule has 1 aromatic rings. The third kappa shape index (κ3) is 2.01. The Morgan fingerprint density at radius 3 is 2.44 bits per heavy atom. The Balaban J connectivity index is 2.34. The van der Waals surface area contributed by atoms with Gasteiger partial charge in [-0.2, -0.15) is 0 Å². The number of amides is 2. The van der Waals surface area contributed by atoms with E-state index >= 15 is 0 Å². The van der Waals surface area contributed by atoms with E-state index in [1.807, 2.05) is 20.8 Å². The van der Waals surface area contributed by atoms with Crippen LogP contribution < -0.4 is 0 Å². The van der Waals surface area contributed by atoms with Gasteiger partial charge in [-0.1, -0.05) is 27.2 Å². The molecule has 1 aliphatic heterocycles. The molecule has 1 N–H and O–H groups in total. The summed E-state index contributed by atoms with van der Waals surface area (Å²) in [6.45, 7) is 5.93. The molecule has 1 radical (unpaired) electrons. The van der Waals surface area contributed by atoms with Crippen LogP contribution in [0.5, 0.6) is 5.75 Å². The van der Waals surface area contributed by atoms with Crippen molar-refractivity contribution in [2.24, 2.45) is 0 Å². The van der Waals surface area contributed by atoms with Crippen molar-refractivity contribution in [3.63, 3.8) is 0 Å². The smallest absolute Gasteiger partial charge is 0.267 e. The Hall–Kier alpha value is -1.78. The van der Waals surface area contributed by atoms with Gasteiger partial charge in [0.1, 0.15) is 5.75 Å². The van der Waals surface area contributed by atoms with Crippen LogP contribution in [0.1, 0.15) is 47.9 Å². The van der Waals surface area contributed by atoms with E-state index in [4.69, 9.17) is 0 Å². The zero-order chi connectivity index (χ0) is 13.5. The van der Waals surface area contributed by atoms with Crippen molar-refractivity contribution in [3.8, 4) is 5.75 Å². The van der Waals surface area contributed by atoms with Crippen LogP contribution in [-0.4, -0.2) is 29.1 Å². The first-order chi connectivity index (χ1) is 8.35. The molecule has 2 rings (SSSR count). The number of aromatic hydroxyl groups is 1. The van der Waals surface area contributed by atoms with Crippen molar-refractivity contribution >= 4 is 19.2 Å². The predicted molar refractivity (Wildman–Crippen MR) is 68.7 cm³/mol. The van der Waals surface area contributed by atoms with Crippen LogP contribution in [0.25, 0.3) is 0 Å². The maximum absolute atomic E-state index is 12.1. The molecule has 1 heterocycles. The first-order valence-electron chi connectivity index (χ1n) is 5.92. The number of hydrogen-bond acceptors (Lipinski definition) is 3. The lowest BCUT2D eigenvalue weighted by Crippen LogP contribution is -2.38. The molecule has 0 fully saturated rings. The second-order valence-electron chi connectivity index (χ2n) is 5.18. The van der Waals surface area contributed by atoms with Gasteiger partial charge in [-0.05, 0) is 23.5 Å². The molecule has 0 bridgehead atoms. The summed E-state index contributed by atoms with van der Waals surface area (Å²) in [5, 5.41) is 9.15. The second kappa shape index (κ2) is 4.16. The van der Waals surface area contributed by atoms with Crippen molar-refractivity contribution in [2.45, 2.75) is 32.5 Å². The summed E-state index contributed by atoms with van der Waals surface area (Å²) in [4.78, 5) is 25.4. The Morgan fingerprint density at radius 2 is 1.83 bits per heavy atom. The highest BCUT2D eigenvalue weighted by Crippen LogP contribution is 2.32. The zero-order valence-corrected chi connectivity index (χ0v) is 10.7. The van der Waals surface area contributed by atoms with Crippen molar-refractivity contribution in [3.05, 3.63) is 29.3 Å². The maximum Gasteiger partial charge on any atom is 0.267 e. The third-order valence-corrected chi connectivity index (χ3v) is 3.29. The van der Waals surface area contributed by atoms with Crippen LogP contribution in [0.3, 0.4) is 0 Å². The molecule has 18 heavy (non-hydrogen) atoms. The van der Waals surface area contributed by atoms with E-state index in [2.05, 4.69) is 0 Å². The molecule has 0 saturated heterocycles. The van der Waals surface area contributed by atoms with Crippen LogP contribution in [0.2, 0.25) is 5.31 Å². The van der Waals surface area contributed by atoms with Gasteiger partial charge in [-0.3, -0.25) is 9.59 Å². The highest BCUT2D eigenvalue weighted by molar-refractivity contribution is 6.50. The minimum absolute atomic E-state index is 0.00787. The van der Waals surface area contributed by atoms with Crippen molar-refractivity contribution in [1.29, 1.82) is 0 Å². The van der Waals surface area contributed by atoms with Crippen molar-refractivity contribution in [2.75, 3.05) is 0 Å². The fourth-order valence-corrected chi connectivity index (χ4v) is 1.81. The van der Waals surface area contributed by atoms with Gasteiger partial charge in [0.05, 0.1) is 11.1 Å². The van der Waals surface area contributed by atoms with Gasteiger partial charge in [0.2, 0.25) is 11.8 Å². The van der Waals surface area contributed by atoms with E-state index in [-0.39, 0.29) is 28.4 Å². The molecule has 0 unspecified atom stereocenters. The Morgan fingerprint density at radius 1 is 1.22 bits per heavy atom. The minimum Gasteiger partial charge on any atom is -0.508 e. The Bertz CT molecular complexity index is 525.